The molecule has 0 aromatic heterocycles. The third-order valence-corrected chi connectivity index (χ3v) is 3.00. The molecule has 94 valence electrons. The van der Waals surface area contributed by atoms with Gasteiger partial charge in [-0.05, 0) is 41.6 Å². The minimum atomic E-state index is -0.756. The van der Waals surface area contributed by atoms with Gasteiger partial charge in [-0.15, -0.1) is 0 Å². The van der Waals surface area contributed by atoms with E-state index in [1.54, 1.807) is 24.3 Å². The molecule has 1 rings (SSSR count). The molecule has 0 N–H and O–H groups in total. The van der Waals surface area contributed by atoms with E-state index in [-0.39, 0.29) is 5.57 Å². The van der Waals surface area contributed by atoms with Crippen molar-refractivity contribution >= 4 is 40.1 Å². The summed E-state index contributed by atoms with van der Waals surface area (Å²) in [5.41, 5.74) is 0.499. The predicted molar refractivity (Wildman–Crippen MR) is 74.3 cm³/mol. The largest absolute Gasteiger partial charge is 0.454 e. The molecule has 0 spiro atoms. The van der Waals surface area contributed by atoms with Crippen molar-refractivity contribution in [1.29, 1.82) is 0 Å². The van der Waals surface area contributed by atoms with Crippen molar-refractivity contribution in [2.75, 3.05) is 6.61 Å². The predicted octanol–water partition coefficient (Wildman–Crippen LogP) is 2.16. The van der Waals surface area contributed by atoms with Gasteiger partial charge in [-0.25, -0.2) is 4.79 Å². The molecule has 0 aliphatic carbocycles. The van der Waals surface area contributed by atoms with Crippen LogP contribution in [0.4, 0.5) is 0 Å². The summed E-state index contributed by atoms with van der Waals surface area (Å²) in [4.78, 5) is 34.4. The zero-order valence-electron chi connectivity index (χ0n) is 9.73. The fourth-order valence-corrected chi connectivity index (χ4v) is 1.75. The van der Waals surface area contributed by atoms with Crippen LogP contribution < -0.4 is 0 Å². The Balaban J connectivity index is 2.69. The zero-order chi connectivity index (χ0) is 13.7. The van der Waals surface area contributed by atoms with Crippen molar-refractivity contribution in [3.8, 4) is 0 Å². The standard InChI is InChI=1S/C13H11IO4/c1-8(2)13(17)18-7-11(15)12(16)9-5-3-4-6-10(9)14/h3-6H,1,7H2,2H3. The number of hydrogen-bond donors (Lipinski definition) is 0. The average Bonchev–Trinajstić information content (AvgIpc) is 2.35. The summed E-state index contributed by atoms with van der Waals surface area (Å²) in [6.07, 6.45) is 0. The molecule has 18 heavy (non-hydrogen) atoms. The Morgan fingerprint density at radius 2 is 1.89 bits per heavy atom. The summed E-state index contributed by atoms with van der Waals surface area (Å²) in [7, 11) is 0. The van der Waals surface area contributed by atoms with Gasteiger partial charge in [0.15, 0.2) is 6.61 Å². The highest BCUT2D eigenvalue weighted by Gasteiger charge is 2.20. The van der Waals surface area contributed by atoms with Crippen molar-refractivity contribution < 1.29 is 19.1 Å². The first-order chi connectivity index (χ1) is 8.43. The maximum Gasteiger partial charge on any atom is 0.333 e. The van der Waals surface area contributed by atoms with Gasteiger partial charge in [-0.1, -0.05) is 18.7 Å². The third kappa shape index (κ3) is 3.76. The van der Waals surface area contributed by atoms with E-state index >= 15 is 0 Å². The van der Waals surface area contributed by atoms with Gasteiger partial charge in [0.2, 0.25) is 11.6 Å². The van der Waals surface area contributed by atoms with Crippen LogP contribution in [0.15, 0.2) is 36.4 Å². The first-order valence-corrected chi connectivity index (χ1v) is 6.16. The van der Waals surface area contributed by atoms with Crippen LogP contribution in [0.5, 0.6) is 0 Å². The van der Waals surface area contributed by atoms with Gasteiger partial charge in [-0.2, -0.15) is 0 Å². The topological polar surface area (TPSA) is 60.4 Å². The highest BCUT2D eigenvalue weighted by atomic mass is 127. The second-order valence-corrected chi connectivity index (χ2v) is 4.75. The monoisotopic (exact) mass is 358 g/mol. The first-order valence-electron chi connectivity index (χ1n) is 5.08. The third-order valence-electron chi connectivity index (χ3n) is 2.05. The molecule has 0 atom stereocenters. The number of ketones is 2. The van der Waals surface area contributed by atoms with Crippen molar-refractivity contribution in [2.45, 2.75) is 6.92 Å². The van der Waals surface area contributed by atoms with Gasteiger partial charge in [0, 0.05) is 14.7 Å². The molecule has 4 nitrogen and oxygen atoms in total. The molecule has 0 saturated heterocycles. The number of benzene rings is 1. The van der Waals surface area contributed by atoms with Gasteiger partial charge in [-0.3, -0.25) is 9.59 Å². The van der Waals surface area contributed by atoms with E-state index in [1.165, 1.54) is 6.92 Å². The number of Topliss-reactive ketones (excluding diaryl/α,β-unsaturated/α-hetero) is 2. The van der Waals surface area contributed by atoms with Crippen molar-refractivity contribution in [1.82, 2.24) is 0 Å². The van der Waals surface area contributed by atoms with Crippen LogP contribution in [0.25, 0.3) is 0 Å². The quantitative estimate of drug-likeness (QED) is 0.266. The van der Waals surface area contributed by atoms with Crippen LogP contribution in [-0.2, 0) is 14.3 Å². The Labute approximate surface area is 118 Å². The lowest BCUT2D eigenvalue weighted by Gasteiger charge is -2.04. The summed E-state index contributed by atoms with van der Waals surface area (Å²) < 4.78 is 5.32. The number of esters is 1. The van der Waals surface area contributed by atoms with E-state index in [2.05, 4.69) is 11.3 Å². The van der Waals surface area contributed by atoms with Crippen LogP contribution >= 0.6 is 22.6 Å². The molecule has 0 radical (unpaired) electrons. The molecule has 1 aromatic carbocycles. The lowest BCUT2D eigenvalue weighted by atomic mass is 10.1. The Kier molecular flexibility index (Phi) is 5.21. The van der Waals surface area contributed by atoms with Crippen LogP contribution in [-0.4, -0.2) is 24.1 Å². The number of carbonyl (C=O) groups is 3. The van der Waals surface area contributed by atoms with Gasteiger partial charge >= 0.3 is 5.97 Å². The van der Waals surface area contributed by atoms with Crippen LogP contribution in [0.2, 0.25) is 0 Å². The average molecular weight is 358 g/mol. The van der Waals surface area contributed by atoms with Crippen LogP contribution in [0.1, 0.15) is 17.3 Å². The maximum absolute atomic E-state index is 11.8. The fourth-order valence-electron chi connectivity index (χ4n) is 1.12. The van der Waals surface area contributed by atoms with Gasteiger partial charge in [0.25, 0.3) is 0 Å². The van der Waals surface area contributed by atoms with Gasteiger partial charge in [0.1, 0.15) is 0 Å². The molecular formula is C13H11IO4. The Bertz CT molecular complexity index is 519. The molecular weight excluding hydrogens is 347 g/mol. The van der Waals surface area contributed by atoms with E-state index in [4.69, 9.17) is 0 Å². The Hall–Kier alpha value is -1.50. The van der Waals surface area contributed by atoms with Crippen molar-refractivity contribution in [3.05, 3.63) is 45.6 Å². The number of hydrogen-bond acceptors (Lipinski definition) is 4. The molecule has 0 fully saturated rings. The highest BCUT2D eigenvalue weighted by molar-refractivity contribution is 14.1. The molecule has 0 unspecified atom stereocenters. The SMILES string of the molecule is C=C(C)C(=O)OCC(=O)C(=O)c1ccccc1I. The molecule has 0 aliphatic rings. The number of halogens is 1. The summed E-state index contributed by atoms with van der Waals surface area (Å²) >= 11 is 1.97. The van der Waals surface area contributed by atoms with Gasteiger partial charge in [0.05, 0.1) is 0 Å². The number of ether oxygens (including phenoxy) is 1. The number of rotatable bonds is 5. The van der Waals surface area contributed by atoms with E-state index in [1.807, 2.05) is 22.6 Å². The van der Waals surface area contributed by atoms with Crippen LogP contribution in [0, 0.1) is 3.57 Å². The van der Waals surface area contributed by atoms with E-state index in [9.17, 15) is 14.4 Å². The van der Waals surface area contributed by atoms with E-state index in [0.717, 1.165) is 0 Å². The summed E-state index contributed by atoms with van der Waals surface area (Å²) in [6.45, 7) is 4.29. The minimum absolute atomic E-state index is 0.185. The van der Waals surface area contributed by atoms with Crippen LogP contribution in [0.3, 0.4) is 0 Å². The van der Waals surface area contributed by atoms with Crippen molar-refractivity contribution in [3.63, 3.8) is 0 Å². The molecule has 0 amide bonds. The Morgan fingerprint density at radius 3 is 2.44 bits per heavy atom. The summed E-state index contributed by atoms with van der Waals surface area (Å²) in [5, 5.41) is 0. The fraction of sp³-hybridized carbons (Fsp3) is 0.154. The number of carbonyl (C=O) groups excluding carboxylic acids is 3. The maximum atomic E-state index is 11.8. The lowest BCUT2D eigenvalue weighted by molar-refractivity contribution is -0.142. The lowest BCUT2D eigenvalue weighted by Crippen LogP contribution is -2.23. The minimum Gasteiger partial charge on any atom is -0.454 e. The smallest absolute Gasteiger partial charge is 0.333 e. The highest BCUT2D eigenvalue weighted by Crippen LogP contribution is 2.12. The molecule has 1 aromatic rings. The second-order valence-electron chi connectivity index (χ2n) is 3.59. The molecule has 0 aliphatic heterocycles. The first kappa shape index (κ1) is 14.6. The van der Waals surface area contributed by atoms with Crippen molar-refractivity contribution in [2.24, 2.45) is 0 Å². The van der Waals surface area contributed by atoms with E-state index in [0.29, 0.717) is 9.13 Å². The molecule has 0 bridgehead atoms. The molecule has 5 heteroatoms. The molecule has 0 saturated carbocycles. The second kappa shape index (κ2) is 6.44. The normalized spacial score (nSPS) is 9.67. The summed E-state index contributed by atoms with van der Waals surface area (Å²) in [5.74, 6) is -2.10. The van der Waals surface area contributed by atoms with Gasteiger partial charge < -0.3 is 4.74 Å². The molecule has 0 heterocycles. The zero-order valence-corrected chi connectivity index (χ0v) is 11.9. The van der Waals surface area contributed by atoms with E-state index < -0.39 is 24.1 Å². The Morgan fingerprint density at radius 1 is 1.28 bits per heavy atom. The summed E-state index contributed by atoms with van der Waals surface area (Å²) in [6, 6.07) is 6.72.